The number of benzene rings is 1. The molecule has 1 heterocycles. The van der Waals surface area contributed by atoms with Gasteiger partial charge in [-0.25, -0.2) is 0 Å². The maximum Gasteiger partial charge on any atom is 0.302 e. The molecule has 1 aromatic carbocycles. The SMILES string of the molecule is C=C/C(=C(\C)NCCCC)c1c([N+](=C)O)cnn1Cc1ccc(OC)cc1.CC.CC.CCC. The van der Waals surface area contributed by atoms with Gasteiger partial charge < -0.3 is 10.1 Å². The Bertz CT molecular complexity index is 837. The second-order valence-corrected chi connectivity index (χ2v) is 7.01. The molecule has 2 N–H and O–H groups in total. The first-order valence-corrected chi connectivity index (χ1v) is 12.5. The molecule has 0 atom stereocenters. The van der Waals surface area contributed by atoms with Crippen LogP contribution in [0.4, 0.5) is 5.69 Å². The van der Waals surface area contributed by atoms with Crippen LogP contribution < -0.4 is 10.1 Å². The number of aromatic nitrogens is 2. The summed E-state index contributed by atoms with van der Waals surface area (Å²) in [6.45, 7) is 25.4. The van der Waals surface area contributed by atoms with Gasteiger partial charge in [0.25, 0.3) is 0 Å². The predicted molar refractivity (Wildman–Crippen MR) is 148 cm³/mol. The lowest BCUT2D eigenvalue weighted by Crippen LogP contribution is -2.16. The van der Waals surface area contributed by atoms with Crippen LogP contribution in [0.1, 0.15) is 85.9 Å². The first kappa shape index (κ1) is 33.2. The normalized spacial score (nSPS) is 10.1. The van der Waals surface area contributed by atoms with Gasteiger partial charge in [0.2, 0.25) is 0 Å². The molecular weight excluding hydrogens is 424 g/mol. The van der Waals surface area contributed by atoms with Gasteiger partial charge in [0.15, 0.2) is 6.72 Å². The van der Waals surface area contributed by atoms with Crippen LogP contribution in [0.5, 0.6) is 5.75 Å². The number of rotatable bonds is 10. The van der Waals surface area contributed by atoms with Gasteiger partial charge in [-0.15, -0.1) is 0 Å². The minimum atomic E-state index is 0.523. The first-order valence-electron chi connectivity index (χ1n) is 12.5. The number of methoxy groups -OCH3 is 1. The summed E-state index contributed by atoms with van der Waals surface area (Å²) in [5, 5.41) is 17.8. The molecule has 2 rings (SSSR count). The number of hydrogen-bond donors (Lipinski definition) is 2. The summed E-state index contributed by atoms with van der Waals surface area (Å²) in [6.07, 6.45) is 6.84. The molecule has 192 valence electrons. The average Bonchev–Trinajstić information content (AvgIpc) is 3.27. The molecule has 0 bridgehead atoms. The highest BCUT2D eigenvalue weighted by Gasteiger charge is 2.23. The Morgan fingerprint density at radius 1 is 1.15 bits per heavy atom. The minimum Gasteiger partial charge on any atom is -0.497 e. The van der Waals surface area contributed by atoms with E-state index < -0.39 is 0 Å². The molecule has 34 heavy (non-hydrogen) atoms. The van der Waals surface area contributed by atoms with Gasteiger partial charge in [-0.1, -0.05) is 86.1 Å². The van der Waals surface area contributed by atoms with E-state index in [-0.39, 0.29) is 0 Å². The molecule has 6 heteroatoms. The van der Waals surface area contributed by atoms with Gasteiger partial charge >= 0.3 is 5.69 Å². The lowest BCUT2D eigenvalue weighted by atomic mass is 10.1. The third-order valence-electron chi connectivity index (χ3n) is 4.37. The molecule has 0 aliphatic heterocycles. The first-order chi connectivity index (χ1) is 16.4. The van der Waals surface area contributed by atoms with E-state index in [1.807, 2.05) is 63.6 Å². The van der Waals surface area contributed by atoms with Gasteiger partial charge in [0.05, 0.1) is 13.7 Å². The fraction of sp³-hybridized carbons (Fsp3) is 0.500. The Balaban J connectivity index is 0. The largest absolute Gasteiger partial charge is 0.497 e. The second-order valence-electron chi connectivity index (χ2n) is 7.01. The fourth-order valence-electron chi connectivity index (χ4n) is 2.84. The van der Waals surface area contributed by atoms with E-state index in [9.17, 15) is 5.21 Å². The average molecular weight is 474 g/mol. The van der Waals surface area contributed by atoms with Crippen molar-refractivity contribution in [1.82, 2.24) is 15.1 Å². The molecule has 0 aliphatic rings. The number of nitrogens with zero attached hydrogens (tertiary/aromatic N) is 3. The van der Waals surface area contributed by atoms with Gasteiger partial charge in [0.1, 0.15) is 17.6 Å². The zero-order valence-electron chi connectivity index (χ0n) is 23.1. The van der Waals surface area contributed by atoms with Crippen molar-refractivity contribution in [3.05, 3.63) is 60.1 Å². The van der Waals surface area contributed by atoms with Crippen LogP contribution in [0, 0.1) is 0 Å². The third-order valence-corrected chi connectivity index (χ3v) is 4.37. The summed E-state index contributed by atoms with van der Waals surface area (Å²) < 4.78 is 7.90. The van der Waals surface area contributed by atoms with Crippen molar-refractivity contribution in [3.8, 4) is 5.75 Å². The molecule has 0 spiro atoms. The summed E-state index contributed by atoms with van der Waals surface area (Å²) in [4.78, 5) is 0. The number of unbranched alkanes of at least 4 members (excludes halogenated alkanes) is 1. The van der Waals surface area contributed by atoms with Crippen molar-refractivity contribution in [2.75, 3.05) is 13.7 Å². The summed E-state index contributed by atoms with van der Waals surface area (Å²) in [5.74, 6) is 0.807. The highest BCUT2D eigenvalue weighted by molar-refractivity contribution is 5.78. The van der Waals surface area contributed by atoms with Crippen LogP contribution in [0.2, 0.25) is 0 Å². The topological polar surface area (TPSA) is 62.3 Å². The van der Waals surface area contributed by atoms with E-state index in [1.165, 1.54) is 6.42 Å². The number of ether oxygens (including phenoxy) is 1. The quantitative estimate of drug-likeness (QED) is 0.0939. The van der Waals surface area contributed by atoms with Crippen molar-refractivity contribution >= 4 is 18.0 Å². The van der Waals surface area contributed by atoms with Crippen LogP contribution in [0.15, 0.2) is 48.8 Å². The number of hydrogen-bond acceptors (Lipinski definition) is 4. The van der Waals surface area contributed by atoms with Crippen LogP contribution in [-0.2, 0) is 6.54 Å². The van der Waals surface area contributed by atoms with Crippen molar-refractivity contribution in [1.29, 1.82) is 0 Å². The molecule has 1 aromatic heterocycles. The molecule has 0 radical (unpaired) electrons. The molecule has 0 fully saturated rings. The molecule has 0 saturated carbocycles. The van der Waals surface area contributed by atoms with Crippen LogP contribution in [0.3, 0.4) is 0 Å². The maximum atomic E-state index is 9.97. The monoisotopic (exact) mass is 473 g/mol. The third kappa shape index (κ3) is 11.2. The smallest absolute Gasteiger partial charge is 0.302 e. The fourth-order valence-corrected chi connectivity index (χ4v) is 2.84. The predicted octanol–water partition coefficient (Wildman–Crippen LogP) is 7.45. The molecule has 2 aromatic rings. The number of nitrogens with one attached hydrogen (secondary N) is 1. The molecule has 6 nitrogen and oxygen atoms in total. The Morgan fingerprint density at radius 2 is 1.71 bits per heavy atom. The van der Waals surface area contributed by atoms with Gasteiger partial charge in [-0.3, -0.25) is 9.89 Å². The van der Waals surface area contributed by atoms with Crippen LogP contribution in [0.25, 0.3) is 5.57 Å². The molecule has 0 unspecified atom stereocenters. The highest BCUT2D eigenvalue weighted by atomic mass is 16.5. The summed E-state index contributed by atoms with van der Waals surface area (Å²) in [5.41, 5.74) is 4.22. The lowest BCUT2D eigenvalue weighted by molar-refractivity contribution is -0.706. The van der Waals surface area contributed by atoms with Crippen LogP contribution >= 0.6 is 0 Å². The van der Waals surface area contributed by atoms with Gasteiger partial charge in [-0.2, -0.15) is 5.10 Å². The Kier molecular flexibility index (Phi) is 20.1. The zero-order chi connectivity index (χ0) is 26.5. The molecule has 0 saturated heterocycles. The summed E-state index contributed by atoms with van der Waals surface area (Å²) in [6, 6.07) is 7.82. The zero-order valence-corrected chi connectivity index (χ0v) is 23.1. The number of allylic oxidation sites excluding steroid dienone is 3. The lowest BCUT2D eigenvalue weighted by Gasteiger charge is -2.13. The van der Waals surface area contributed by atoms with E-state index in [4.69, 9.17) is 4.74 Å². The Morgan fingerprint density at radius 3 is 2.15 bits per heavy atom. The van der Waals surface area contributed by atoms with E-state index in [0.29, 0.717) is 12.2 Å². The van der Waals surface area contributed by atoms with Crippen LogP contribution in [-0.4, -0.2) is 40.1 Å². The van der Waals surface area contributed by atoms with Gasteiger partial charge in [-0.05, 0) is 31.0 Å². The summed E-state index contributed by atoms with van der Waals surface area (Å²) >= 11 is 0. The van der Waals surface area contributed by atoms with E-state index >= 15 is 0 Å². The van der Waals surface area contributed by atoms with E-state index in [1.54, 1.807) is 19.4 Å². The maximum absolute atomic E-state index is 9.97. The van der Waals surface area contributed by atoms with E-state index in [0.717, 1.165) is 52.4 Å². The molecule has 0 aliphatic carbocycles. The van der Waals surface area contributed by atoms with E-state index in [2.05, 4.69) is 44.5 Å². The Labute approximate surface area is 208 Å². The van der Waals surface area contributed by atoms with Gasteiger partial charge in [0, 0.05) is 22.6 Å². The molecule has 0 amide bonds. The summed E-state index contributed by atoms with van der Waals surface area (Å²) in [7, 11) is 1.65. The van der Waals surface area contributed by atoms with Crippen molar-refractivity contribution < 1.29 is 14.7 Å². The minimum absolute atomic E-state index is 0.523. The second kappa shape index (κ2) is 20.6. The highest BCUT2D eigenvalue weighted by Crippen LogP contribution is 2.29. The van der Waals surface area contributed by atoms with Crippen molar-refractivity contribution in [2.24, 2.45) is 0 Å². The Hall–Kier alpha value is -3.02. The van der Waals surface area contributed by atoms with Crippen molar-refractivity contribution in [2.45, 2.75) is 81.2 Å². The molecular formula is C28H49N4O2+. The van der Waals surface area contributed by atoms with Crippen molar-refractivity contribution in [3.63, 3.8) is 0 Å². The standard InChI is InChI=1S/C21H29N4O2.C3H8.2C2H6/c1-6-8-13-22-16(3)19(7-2)21-20(24(4)26)14-23-25(21)15-17-9-11-18(27-5)12-10-17;1-3-2;2*1-2/h7,9-12,14,22,26H,2,4,6,8,13,15H2,1,3,5H3;3H2,1-2H3;2*1-2H3/q+1;;;/b19-16-;;;.